The Morgan fingerprint density at radius 2 is 2.11 bits per heavy atom. The summed E-state index contributed by atoms with van der Waals surface area (Å²) in [5, 5.41) is 0.499. The molecule has 3 unspecified atom stereocenters. The first kappa shape index (κ1) is 14.8. The van der Waals surface area contributed by atoms with Gasteiger partial charge in [-0.2, -0.15) is 0 Å². The molecule has 1 aromatic carbocycles. The smallest absolute Gasteiger partial charge is 0.124 e. The van der Waals surface area contributed by atoms with Crippen LogP contribution in [0, 0.1) is 17.7 Å². The highest BCUT2D eigenvalue weighted by Crippen LogP contribution is 2.35. The Bertz CT molecular complexity index is 421. The van der Waals surface area contributed by atoms with E-state index in [4.69, 9.17) is 17.3 Å². The van der Waals surface area contributed by atoms with Gasteiger partial charge in [-0.25, -0.2) is 4.39 Å². The topological polar surface area (TPSA) is 26.0 Å². The molecular formula is C16H23ClFN. The van der Waals surface area contributed by atoms with Crippen molar-refractivity contribution in [3.8, 4) is 0 Å². The fourth-order valence-electron chi connectivity index (χ4n) is 3.40. The highest BCUT2D eigenvalue weighted by molar-refractivity contribution is 6.31. The van der Waals surface area contributed by atoms with E-state index in [2.05, 4.69) is 6.92 Å². The molecule has 19 heavy (non-hydrogen) atoms. The van der Waals surface area contributed by atoms with E-state index in [1.807, 2.05) is 0 Å². The Kier molecular flexibility index (Phi) is 5.23. The molecule has 106 valence electrons. The van der Waals surface area contributed by atoms with Crippen LogP contribution in [0.5, 0.6) is 0 Å². The van der Waals surface area contributed by atoms with Crippen molar-refractivity contribution in [3.63, 3.8) is 0 Å². The largest absolute Gasteiger partial charge is 0.327 e. The Hall–Kier alpha value is -0.600. The van der Waals surface area contributed by atoms with E-state index in [-0.39, 0.29) is 11.9 Å². The predicted molar refractivity (Wildman–Crippen MR) is 78.8 cm³/mol. The van der Waals surface area contributed by atoms with Crippen LogP contribution in [0.3, 0.4) is 0 Å². The number of halogens is 2. The maximum atomic E-state index is 13.0. The van der Waals surface area contributed by atoms with Crippen molar-refractivity contribution in [1.82, 2.24) is 0 Å². The molecule has 0 aromatic heterocycles. The van der Waals surface area contributed by atoms with Gasteiger partial charge in [0.25, 0.3) is 0 Å². The van der Waals surface area contributed by atoms with Crippen molar-refractivity contribution in [3.05, 3.63) is 34.6 Å². The number of nitrogens with two attached hydrogens (primary N) is 1. The standard InChI is InChI=1S/C16H23ClFN/c1-2-11-5-3-4-6-14(11)16(19)9-12-7-8-13(18)10-15(12)17/h7-8,10-11,14,16H,2-6,9,19H2,1H3. The fourth-order valence-corrected chi connectivity index (χ4v) is 3.64. The van der Waals surface area contributed by atoms with E-state index in [1.54, 1.807) is 6.07 Å². The zero-order valence-corrected chi connectivity index (χ0v) is 12.3. The van der Waals surface area contributed by atoms with Crippen LogP contribution in [0.4, 0.5) is 4.39 Å². The van der Waals surface area contributed by atoms with Crippen molar-refractivity contribution >= 4 is 11.6 Å². The maximum absolute atomic E-state index is 13.0. The van der Waals surface area contributed by atoms with Crippen LogP contribution in [0.15, 0.2) is 18.2 Å². The average molecular weight is 284 g/mol. The molecule has 1 aliphatic rings. The second-order valence-electron chi connectivity index (χ2n) is 5.72. The molecule has 3 atom stereocenters. The normalized spacial score (nSPS) is 25.3. The lowest BCUT2D eigenvalue weighted by Gasteiger charge is -2.35. The van der Waals surface area contributed by atoms with Gasteiger partial charge in [0.15, 0.2) is 0 Å². The lowest BCUT2D eigenvalue weighted by Crippen LogP contribution is -2.38. The van der Waals surface area contributed by atoms with Gasteiger partial charge in [0.2, 0.25) is 0 Å². The molecule has 0 saturated heterocycles. The number of benzene rings is 1. The Morgan fingerprint density at radius 1 is 1.37 bits per heavy atom. The quantitative estimate of drug-likeness (QED) is 0.861. The molecule has 1 saturated carbocycles. The van der Waals surface area contributed by atoms with Gasteiger partial charge < -0.3 is 5.73 Å². The average Bonchev–Trinajstić information content (AvgIpc) is 2.41. The minimum atomic E-state index is -0.286. The van der Waals surface area contributed by atoms with E-state index in [0.717, 1.165) is 17.9 Å². The third-order valence-corrected chi connectivity index (χ3v) is 4.86. The summed E-state index contributed by atoms with van der Waals surface area (Å²) >= 11 is 6.09. The lowest BCUT2D eigenvalue weighted by molar-refractivity contribution is 0.195. The monoisotopic (exact) mass is 283 g/mol. The Labute approximate surface area is 120 Å². The van der Waals surface area contributed by atoms with Crippen LogP contribution < -0.4 is 5.73 Å². The first-order valence-electron chi connectivity index (χ1n) is 7.31. The minimum absolute atomic E-state index is 0.133. The molecule has 0 bridgehead atoms. The van der Waals surface area contributed by atoms with Crippen molar-refractivity contribution < 1.29 is 4.39 Å². The third kappa shape index (κ3) is 3.70. The van der Waals surface area contributed by atoms with Gasteiger partial charge in [0.1, 0.15) is 5.82 Å². The maximum Gasteiger partial charge on any atom is 0.124 e. The van der Waals surface area contributed by atoms with E-state index >= 15 is 0 Å². The summed E-state index contributed by atoms with van der Waals surface area (Å²) in [7, 11) is 0. The first-order valence-corrected chi connectivity index (χ1v) is 7.69. The summed E-state index contributed by atoms with van der Waals surface area (Å²) < 4.78 is 13.0. The summed E-state index contributed by atoms with van der Waals surface area (Å²) in [4.78, 5) is 0. The second-order valence-corrected chi connectivity index (χ2v) is 6.13. The molecule has 1 fully saturated rings. The summed E-state index contributed by atoms with van der Waals surface area (Å²) in [6.45, 7) is 2.25. The number of hydrogen-bond donors (Lipinski definition) is 1. The summed E-state index contributed by atoms with van der Waals surface area (Å²) in [6, 6.07) is 4.74. The molecule has 2 N–H and O–H groups in total. The van der Waals surface area contributed by atoms with Crippen LogP contribution in [0.25, 0.3) is 0 Å². The van der Waals surface area contributed by atoms with Crippen molar-refractivity contribution in [2.75, 3.05) is 0 Å². The molecular weight excluding hydrogens is 261 g/mol. The van der Waals surface area contributed by atoms with E-state index in [0.29, 0.717) is 10.9 Å². The predicted octanol–water partition coefficient (Wildman–Crippen LogP) is 4.57. The molecule has 0 aliphatic heterocycles. The van der Waals surface area contributed by atoms with E-state index < -0.39 is 0 Å². The van der Waals surface area contributed by atoms with Gasteiger partial charge in [0, 0.05) is 11.1 Å². The third-order valence-electron chi connectivity index (χ3n) is 4.51. The summed E-state index contributed by atoms with van der Waals surface area (Å²) in [5.41, 5.74) is 7.37. The van der Waals surface area contributed by atoms with Gasteiger partial charge in [-0.1, -0.05) is 50.3 Å². The van der Waals surface area contributed by atoms with Crippen molar-refractivity contribution in [2.45, 2.75) is 51.5 Å². The summed E-state index contributed by atoms with van der Waals surface area (Å²) in [6.07, 6.45) is 7.09. The summed E-state index contributed by atoms with van der Waals surface area (Å²) in [5.74, 6) is 1.04. The van der Waals surface area contributed by atoms with E-state index in [9.17, 15) is 4.39 Å². The van der Waals surface area contributed by atoms with Crippen LogP contribution in [-0.4, -0.2) is 6.04 Å². The first-order chi connectivity index (χ1) is 9.11. The molecule has 2 rings (SSSR count). The number of hydrogen-bond acceptors (Lipinski definition) is 1. The highest BCUT2D eigenvalue weighted by atomic mass is 35.5. The molecule has 1 nitrogen and oxygen atoms in total. The Morgan fingerprint density at radius 3 is 2.79 bits per heavy atom. The SMILES string of the molecule is CCC1CCCCC1C(N)Cc1ccc(F)cc1Cl. The molecule has 1 aliphatic carbocycles. The zero-order valence-electron chi connectivity index (χ0n) is 11.5. The van der Waals surface area contributed by atoms with Crippen molar-refractivity contribution in [2.24, 2.45) is 17.6 Å². The van der Waals surface area contributed by atoms with Crippen molar-refractivity contribution in [1.29, 1.82) is 0 Å². The molecule has 0 amide bonds. The van der Waals surface area contributed by atoms with Gasteiger partial charge >= 0.3 is 0 Å². The van der Waals surface area contributed by atoms with Crippen LogP contribution in [0.1, 0.15) is 44.6 Å². The van der Waals surface area contributed by atoms with Crippen LogP contribution in [-0.2, 0) is 6.42 Å². The molecule has 0 radical (unpaired) electrons. The van der Waals surface area contributed by atoms with Gasteiger partial charge in [-0.15, -0.1) is 0 Å². The minimum Gasteiger partial charge on any atom is -0.327 e. The molecule has 1 aromatic rings. The van der Waals surface area contributed by atoms with Gasteiger partial charge in [-0.05, 0) is 42.4 Å². The molecule has 0 heterocycles. The lowest BCUT2D eigenvalue weighted by atomic mass is 9.73. The highest BCUT2D eigenvalue weighted by Gasteiger charge is 2.28. The molecule has 3 heteroatoms. The second kappa shape index (κ2) is 6.71. The van der Waals surface area contributed by atoms with E-state index in [1.165, 1.54) is 44.2 Å². The molecule has 0 spiro atoms. The van der Waals surface area contributed by atoms with Crippen LogP contribution in [0.2, 0.25) is 5.02 Å². The van der Waals surface area contributed by atoms with Gasteiger partial charge in [-0.3, -0.25) is 0 Å². The fraction of sp³-hybridized carbons (Fsp3) is 0.625. The zero-order chi connectivity index (χ0) is 13.8. The number of rotatable bonds is 4. The Balaban J connectivity index is 2.04. The van der Waals surface area contributed by atoms with Gasteiger partial charge in [0.05, 0.1) is 0 Å². The van der Waals surface area contributed by atoms with Crippen LogP contribution >= 0.6 is 11.6 Å².